The number of benzene rings is 1. The van der Waals surface area contributed by atoms with Gasteiger partial charge in [-0.2, -0.15) is 0 Å². The fourth-order valence-corrected chi connectivity index (χ4v) is 1.45. The summed E-state index contributed by atoms with van der Waals surface area (Å²) >= 11 is 0. The third-order valence-corrected chi connectivity index (χ3v) is 2.47. The molecule has 0 unspecified atom stereocenters. The molecule has 4 N–H and O–H groups in total. The lowest BCUT2D eigenvalue weighted by Gasteiger charge is -2.03. The predicted octanol–water partition coefficient (Wildman–Crippen LogP) is 0.0199. The van der Waals surface area contributed by atoms with E-state index in [-0.39, 0.29) is 12.4 Å². The third kappa shape index (κ3) is 4.09. The molecule has 0 aliphatic heterocycles. The Morgan fingerprint density at radius 2 is 1.93 bits per heavy atom. The Bertz CT molecular complexity index is 451. The minimum atomic E-state index is -3.17. The van der Waals surface area contributed by atoms with Gasteiger partial charge < -0.3 is 5.73 Å². The van der Waals surface area contributed by atoms with Crippen LogP contribution in [0.15, 0.2) is 24.3 Å². The molecule has 0 fully saturated rings. The van der Waals surface area contributed by atoms with E-state index in [4.69, 9.17) is 11.1 Å². The summed E-state index contributed by atoms with van der Waals surface area (Å²) in [5.74, 6) is -0.00220. The van der Waals surface area contributed by atoms with Gasteiger partial charge in [0.15, 0.2) is 0 Å². The zero-order valence-corrected chi connectivity index (χ0v) is 9.14. The smallest absolute Gasteiger partial charge is 0.209 e. The molecule has 0 aliphatic carbocycles. The van der Waals surface area contributed by atoms with Crippen molar-refractivity contribution in [2.24, 2.45) is 5.73 Å². The highest BCUT2D eigenvalue weighted by Gasteiger charge is 2.01. The number of amidine groups is 1. The summed E-state index contributed by atoms with van der Waals surface area (Å²) in [7, 11) is -3.17. The first-order valence-corrected chi connectivity index (χ1v) is 6.15. The molecule has 5 nitrogen and oxygen atoms in total. The van der Waals surface area contributed by atoms with Gasteiger partial charge >= 0.3 is 0 Å². The van der Waals surface area contributed by atoms with Crippen LogP contribution < -0.4 is 10.5 Å². The molecule has 6 heteroatoms. The van der Waals surface area contributed by atoms with Gasteiger partial charge in [0.1, 0.15) is 5.84 Å². The Morgan fingerprint density at radius 1 is 1.40 bits per heavy atom. The van der Waals surface area contributed by atoms with Crippen molar-refractivity contribution in [3.05, 3.63) is 35.4 Å². The zero-order valence-electron chi connectivity index (χ0n) is 8.32. The summed E-state index contributed by atoms with van der Waals surface area (Å²) < 4.78 is 24.0. The number of hydrogen-bond acceptors (Lipinski definition) is 3. The summed E-state index contributed by atoms with van der Waals surface area (Å²) in [4.78, 5) is 0. The Kier molecular flexibility index (Phi) is 3.43. The number of nitrogen functional groups attached to an aromatic ring is 1. The van der Waals surface area contributed by atoms with E-state index >= 15 is 0 Å². The minimum Gasteiger partial charge on any atom is -0.384 e. The van der Waals surface area contributed by atoms with Crippen LogP contribution in [0.3, 0.4) is 0 Å². The molecule has 0 saturated carbocycles. The molecule has 82 valence electrons. The number of hydrogen-bond donors (Lipinski definition) is 3. The molecule has 0 heterocycles. The Labute approximate surface area is 88.9 Å². The lowest BCUT2D eigenvalue weighted by molar-refractivity contribution is 0.587. The van der Waals surface area contributed by atoms with Crippen molar-refractivity contribution < 1.29 is 8.42 Å². The molecule has 0 amide bonds. The molecular formula is C9H13N3O2S. The van der Waals surface area contributed by atoms with E-state index in [1.54, 1.807) is 24.3 Å². The topological polar surface area (TPSA) is 96.0 Å². The molecule has 1 aromatic rings. The molecule has 1 aromatic carbocycles. The predicted molar refractivity (Wildman–Crippen MR) is 59.1 cm³/mol. The monoisotopic (exact) mass is 227 g/mol. The van der Waals surface area contributed by atoms with E-state index < -0.39 is 10.0 Å². The summed E-state index contributed by atoms with van der Waals surface area (Å²) in [6, 6.07) is 6.83. The maximum atomic E-state index is 10.8. The van der Waals surface area contributed by atoms with Crippen LogP contribution >= 0.6 is 0 Å². The Hall–Kier alpha value is -1.40. The highest BCUT2D eigenvalue weighted by atomic mass is 32.2. The lowest BCUT2D eigenvalue weighted by atomic mass is 10.1. The van der Waals surface area contributed by atoms with Crippen LogP contribution in [-0.4, -0.2) is 20.5 Å². The van der Waals surface area contributed by atoms with Crippen LogP contribution in [0.1, 0.15) is 11.1 Å². The summed E-state index contributed by atoms with van der Waals surface area (Å²) in [5.41, 5.74) is 6.73. The van der Waals surface area contributed by atoms with Crippen molar-refractivity contribution in [3.8, 4) is 0 Å². The fourth-order valence-electron chi connectivity index (χ4n) is 1.02. The van der Waals surface area contributed by atoms with Crippen LogP contribution in [0, 0.1) is 5.41 Å². The normalized spacial score (nSPS) is 11.3. The SMILES string of the molecule is CS(=O)(=O)NCc1ccc(C(=N)N)cc1. The van der Waals surface area contributed by atoms with Gasteiger partial charge in [-0.05, 0) is 5.56 Å². The number of rotatable bonds is 4. The van der Waals surface area contributed by atoms with Crippen molar-refractivity contribution >= 4 is 15.9 Å². The van der Waals surface area contributed by atoms with Gasteiger partial charge in [-0.25, -0.2) is 13.1 Å². The van der Waals surface area contributed by atoms with Crippen molar-refractivity contribution in [1.29, 1.82) is 5.41 Å². The van der Waals surface area contributed by atoms with E-state index in [2.05, 4.69) is 4.72 Å². The molecule has 0 atom stereocenters. The first-order chi connectivity index (χ1) is 6.88. The quantitative estimate of drug-likeness (QED) is 0.499. The van der Waals surface area contributed by atoms with E-state index in [0.717, 1.165) is 11.8 Å². The molecule has 15 heavy (non-hydrogen) atoms. The molecule has 1 rings (SSSR count). The maximum absolute atomic E-state index is 10.8. The van der Waals surface area contributed by atoms with Crippen LogP contribution in [0.4, 0.5) is 0 Å². The summed E-state index contributed by atoms with van der Waals surface area (Å²) in [6.45, 7) is 0.247. The van der Waals surface area contributed by atoms with Gasteiger partial charge in [0.25, 0.3) is 0 Å². The number of nitrogens with one attached hydrogen (secondary N) is 2. The molecule has 0 radical (unpaired) electrons. The summed E-state index contributed by atoms with van der Waals surface area (Å²) in [6.07, 6.45) is 1.11. The van der Waals surface area contributed by atoms with Crippen LogP contribution in [0.2, 0.25) is 0 Å². The van der Waals surface area contributed by atoms with Gasteiger partial charge in [-0.1, -0.05) is 24.3 Å². The van der Waals surface area contributed by atoms with Gasteiger partial charge in [0, 0.05) is 12.1 Å². The second kappa shape index (κ2) is 4.41. The molecular weight excluding hydrogens is 214 g/mol. The maximum Gasteiger partial charge on any atom is 0.209 e. The van der Waals surface area contributed by atoms with Crippen molar-refractivity contribution in [3.63, 3.8) is 0 Å². The fraction of sp³-hybridized carbons (Fsp3) is 0.222. The lowest BCUT2D eigenvalue weighted by Crippen LogP contribution is -2.21. The van der Waals surface area contributed by atoms with Crippen LogP contribution in [0.5, 0.6) is 0 Å². The molecule has 0 aromatic heterocycles. The summed E-state index contributed by atoms with van der Waals surface area (Å²) in [5, 5.41) is 7.17. The van der Waals surface area contributed by atoms with Crippen molar-refractivity contribution in [2.45, 2.75) is 6.54 Å². The molecule has 0 saturated heterocycles. The number of nitrogens with two attached hydrogens (primary N) is 1. The van der Waals surface area contributed by atoms with Crippen molar-refractivity contribution in [2.75, 3.05) is 6.26 Å². The second-order valence-electron chi connectivity index (χ2n) is 3.20. The average Bonchev–Trinajstić information content (AvgIpc) is 2.14. The van der Waals surface area contributed by atoms with E-state index in [1.807, 2.05) is 0 Å². The van der Waals surface area contributed by atoms with E-state index in [0.29, 0.717) is 5.56 Å². The largest absolute Gasteiger partial charge is 0.384 e. The van der Waals surface area contributed by atoms with E-state index in [9.17, 15) is 8.42 Å². The van der Waals surface area contributed by atoms with Crippen LogP contribution in [-0.2, 0) is 16.6 Å². The molecule has 0 spiro atoms. The second-order valence-corrected chi connectivity index (χ2v) is 5.04. The standard InChI is InChI=1S/C9H13N3O2S/c1-15(13,14)12-6-7-2-4-8(5-3-7)9(10)11/h2-5,12H,6H2,1H3,(H3,10,11). The van der Waals surface area contributed by atoms with Gasteiger partial charge in [-0.3, -0.25) is 5.41 Å². The van der Waals surface area contributed by atoms with Gasteiger partial charge in [0.05, 0.1) is 6.26 Å². The Balaban J connectivity index is 2.69. The average molecular weight is 227 g/mol. The van der Waals surface area contributed by atoms with Crippen molar-refractivity contribution in [1.82, 2.24) is 4.72 Å². The first-order valence-electron chi connectivity index (χ1n) is 4.26. The Morgan fingerprint density at radius 3 is 2.33 bits per heavy atom. The first kappa shape index (κ1) is 11.7. The minimum absolute atomic E-state index is 0.00220. The van der Waals surface area contributed by atoms with Gasteiger partial charge in [-0.15, -0.1) is 0 Å². The number of sulfonamides is 1. The highest BCUT2D eigenvalue weighted by Crippen LogP contribution is 2.03. The van der Waals surface area contributed by atoms with Gasteiger partial charge in [0.2, 0.25) is 10.0 Å². The third-order valence-electron chi connectivity index (χ3n) is 1.80. The molecule has 0 aliphatic rings. The van der Waals surface area contributed by atoms with Crippen LogP contribution in [0.25, 0.3) is 0 Å². The molecule has 0 bridgehead atoms. The van der Waals surface area contributed by atoms with E-state index in [1.165, 1.54) is 0 Å². The highest BCUT2D eigenvalue weighted by molar-refractivity contribution is 7.88. The zero-order chi connectivity index (χ0) is 11.5.